The van der Waals surface area contributed by atoms with Gasteiger partial charge in [0.05, 0.1) is 11.4 Å². The summed E-state index contributed by atoms with van der Waals surface area (Å²) >= 11 is -0.826. The van der Waals surface area contributed by atoms with Gasteiger partial charge in [-0.05, 0) is 35.4 Å². The third-order valence-electron chi connectivity index (χ3n) is 6.38. The zero-order valence-corrected chi connectivity index (χ0v) is 28.9. The molecule has 6 heteroatoms. The standard InChI is InChI=1S/2C16H14N.C2H6Si.2ClH.Zr/c2*1-11-9-14-12(2)6-7-13(15(14)10-11)16-5-3-4-8-17-16;1-3-2;;;/h2*3-10H,1-2H3;1-2H3;2*1H;/q2*-1;;;;+4/p-2. The molecule has 0 aliphatic rings. The molecule has 4 aromatic carbocycles. The predicted molar refractivity (Wildman–Crippen MR) is 174 cm³/mol. The second-order valence-electron chi connectivity index (χ2n) is 9.58. The van der Waals surface area contributed by atoms with Crippen LogP contribution in [-0.2, 0) is 20.8 Å². The van der Waals surface area contributed by atoms with E-state index in [2.05, 4.69) is 111 Å². The van der Waals surface area contributed by atoms with Crippen molar-refractivity contribution in [3.63, 3.8) is 0 Å². The van der Waals surface area contributed by atoms with Gasteiger partial charge in [0.1, 0.15) is 0 Å². The number of rotatable bonds is 2. The molecule has 0 N–H and O–H groups in total. The van der Waals surface area contributed by atoms with Crippen LogP contribution in [0.2, 0.25) is 13.1 Å². The van der Waals surface area contributed by atoms with E-state index in [1.54, 1.807) is 0 Å². The SMILES string of the molecule is C[Si]C.Cc1cc2c(-c3ccccn3)ccc(C)c2[cH-]1.Cc1cc2c(-c3ccccn3)ccc(C)c2[cH-]1.[Cl][Zr+2][Cl]. The first-order chi connectivity index (χ1) is 19.3. The molecule has 2 aromatic heterocycles. The molecule has 6 rings (SSSR count). The minimum absolute atomic E-state index is 0.826. The fourth-order valence-electron chi connectivity index (χ4n) is 4.67. The number of nitrogens with zero attached hydrogens (tertiary/aromatic N) is 2. The summed E-state index contributed by atoms with van der Waals surface area (Å²) in [6.07, 6.45) is 3.69. The summed E-state index contributed by atoms with van der Waals surface area (Å²) in [5.41, 5.74) is 9.81. The van der Waals surface area contributed by atoms with Crippen molar-refractivity contribution in [2.75, 3.05) is 0 Å². The summed E-state index contributed by atoms with van der Waals surface area (Å²) in [5.74, 6) is 0. The van der Waals surface area contributed by atoms with Gasteiger partial charge in [-0.25, -0.2) is 0 Å². The van der Waals surface area contributed by atoms with Crippen LogP contribution in [0.4, 0.5) is 0 Å². The monoisotopic (exact) mass is 658 g/mol. The van der Waals surface area contributed by atoms with Crippen molar-refractivity contribution in [3.05, 3.63) is 120 Å². The molecule has 0 atom stereocenters. The van der Waals surface area contributed by atoms with Gasteiger partial charge in [-0.1, -0.05) is 65.1 Å². The summed E-state index contributed by atoms with van der Waals surface area (Å²) in [6, 6.07) is 29.7. The van der Waals surface area contributed by atoms with Crippen molar-refractivity contribution >= 4 is 48.1 Å². The Hall–Kier alpha value is -2.36. The fraction of sp³-hybridized carbons (Fsp3) is 0.176. The number of fused-ring (bicyclic) bond motifs is 2. The molecule has 0 bridgehead atoms. The summed E-state index contributed by atoms with van der Waals surface area (Å²) in [5, 5.41) is 5.29. The van der Waals surface area contributed by atoms with E-state index in [1.165, 1.54) is 54.9 Å². The molecular weight excluding hydrogens is 627 g/mol. The van der Waals surface area contributed by atoms with Gasteiger partial charge in [-0.3, -0.25) is 9.97 Å². The molecule has 0 spiro atoms. The Morgan fingerprint density at radius 1 is 0.625 bits per heavy atom. The maximum atomic E-state index is 4.93. The molecule has 2 heterocycles. The summed E-state index contributed by atoms with van der Waals surface area (Å²) in [7, 11) is 11.0. The number of halogens is 2. The van der Waals surface area contributed by atoms with E-state index in [9.17, 15) is 0 Å². The summed E-state index contributed by atoms with van der Waals surface area (Å²) in [6.45, 7) is 12.9. The minimum atomic E-state index is -0.826. The topological polar surface area (TPSA) is 25.8 Å². The van der Waals surface area contributed by atoms with Crippen LogP contribution in [0.5, 0.6) is 0 Å². The van der Waals surface area contributed by atoms with Crippen molar-refractivity contribution in [2.45, 2.75) is 40.8 Å². The maximum absolute atomic E-state index is 4.93. The Bertz CT molecular complexity index is 1500. The predicted octanol–water partition coefficient (Wildman–Crippen LogP) is 10.6. The fourth-order valence-corrected chi connectivity index (χ4v) is 4.67. The van der Waals surface area contributed by atoms with Gasteiger partial charge < -0.3 is 0 Å². The number of hydrogen-bond acceptors (Lipinski definition) is 2. The van der Waals surface area contributed by atoms with Crippen LogP contribution in [0, 0.1) is 27.7 Å². The Kier molecular flexibility index (Phi) is 13.0. The zero-order valence-electron chi connectivity index (χ0n) is 23.9. The van der Waals surface area contributed by atoms with E-state index in [0.29, 0.717) is 0 Å². The van der Waals surface area contributed by atoms with Crippen molar-refractivity contribution < 1.29 is 20.8 Å². The van der Waals surface area contributed by atoms with E-state index >= 15 is 0 Å². The molecule has 6 aromatic rings. The van der Waals surface area contributed by atoms with E-state index in [1.807, 2.05) is 36.7 Å². The Labute approximate surface area is 260 Å². The van der Waals surface area contributed by atoms with Crippen molar-refractivity contribution in [1.82, 2.24) is 9.97 Å². The van der Waals surface area contributed by atoms with E-state index in [-0.39, 0.29) is 0 Å². The molecule has 2 nitrogen and oxygen atoms in total. The van der Waals surface area contributed by atoms with Crippen LogP contribution in [0.3, 0.4) is 0 Å². The van der Waals surface area contributed by atoms with E-state index in [4.69, 9.17) is 17.0 Å². The average molecular weight is 661 g/mol. The first-order valence-electron chi connectivity index (χ1n) is 13.0. The molecule has 0 amide bonds. The molecule has 0 unspecified atom stereocenters. The molecule has 0 saturated heterocycles. The third kappa shape index (κ3) is 8.33. The quantitative estimate of drug-likeness (QED) is 0.136. The van der Waals surface area contributed by atoms with Crippen LogP contribution in [0.25, 0.3) is 44.1 Å². The molecule has 202 valence electrons. The summed E-state index contributed by atoms with van der Waals surface area (Å²) < 4.78 is 0. The molecule has 0 fully saturated rings. The molecule has 0 aliphatic heterocycles. The van der Waals surface area contributed by atoms with Gasteiger partial charge in [0.25, 0.3) is 0 Å². The number of hydrogen-bond donors (Lipinski definition) is 0. The van der Waals surface area contributed by atoms with Gasteiger partial charge in [-0.2, -0.15) is 12.1 Å². The number of pyridine rings is 2. The van der Waals surface area contributed by atoms with Gasteiger partial charge in [-0.15, -0.1) is 68.1 Å². The molecule has 40 heavy (non-hydrogen) atoms. The molecular formula is C34H34Cl2N2SiZr. The number of benzene rings is 2. The van der Waals surface area contributed by atoms with E-state index in [0.717, 1.165) is 20.9 Å². The van der Waals surface area contributed by atoms with Crippen molar-refractivity contribution in [2.24, 2.45) is 0 Å². The second-order valence-corrected chi connectivity index (χ2v) is 14.3. The second kappa shape index (κ2) is 16.2. The Morgan fingerprint density at radius 2 is 1.00 bits per heavy atom. The van der Waals surface area contributed by atoms with Crippen molar-refractivity contribution in [3.8, 4) is 22.5 Å². The van der Waals surface area contributed by atoms with Crippen LogP contribution < -0.4 is 0 Å². The number of aromatic nitrogens is 2. The van der Waals surface area contributed by atoms with Crippen molar-refractivity contribution in [1.29, 1.82) is 0 Å². The van der Waals surface area contributed by atoms with Crippen LogP contribution in [0.1, 0.15) is 22.3 Å². The Morgan fingerprint density at radius 3 is 1.32 bits per heavy atom. The first-order valence-corrected chi connectivity index (χ1v) is 21.4. The molecule has 0 saturated carbocycles. The number of aryl methyl sites for hydroxylation is 4. The van der Waals surface area contributed by atoms with E-state index < -0.39 is 20.8 Å². The normalized spacial score (nSPS) is 10.0. The molecule has 0 aliphatic carbocycles. The average Bonchev–Trinajstić information content (AvgIpc) is 3.55. The summed E-state index contributed by atoms with van der Waals surface area (Å²) in [4.78, 5) is 8.88. The van der Waals surface area contributed by atoms with Gasteiger partial charge in [0.15, 0.2) is 0 Å². The molecule has 2 radical (unpaired) electrons. The Balaban J connectivity index is 0.000000185. The third-order valence-corrected chi connectivity index (χ3v) is 6.38. The zero-order chi connectivity index (χ0) is 29.1. The van der Waals surface area contributed by atoms with Gasteiger partial charge >= 0.3 is 37.9 Å². The van der Waals surface area contributed by atoms with Crippen LogP contribution in [-0.4, -0.2) is 19.5 Å². The van der Waals surface area contributed by atoms with Gasteiger partial charge in [0, 0.05) is 21.9 Å². The first kappa shape index (κ1) is 32.2. The van der Waals surface area contributed by atoms with Crippen LogP contribution in [0.15, 0.2) is 97.3 Å². The van der Waals surface area contributed by atoms with Crippen LogP contribution >= 0.6 is 17.0 Å². The van der Waals surface area contributed by atoms with Gasteiger partial charge in [0.2, 0.25) is 0 Å².